The van der Waals surface area contributed by atoms with E-state index in [1.165, 1.54) is 23.9 Å². The molecule has 0 unspecified atom stereocenters. The number of carbonyl (C=O) groups excluding carboxylic acids is 2. The molecular formula is C11H9N2O3S-. The number of rotatable bonds is 2. The van der Waals surface area contributed by atoms with Gasteiger partial charge in [-0.05, 0) is 6.07 Å². The molecule has 1 aliphatic rings. The van der Waals surface area contributed by atoms with Gasteiger partial charge >= 0.3 is 0 Å². The number of benzene rings is 1. The topological polar surface area (TPSA) is 81.6 Å². The number of carboxylic acid groups (broad SMARTS) is 1. The predicted octanol–water partition coefficient (Wildman–Crippen LogP) is -0.117. The number of carbonyl (C=O) groups is 2. The molecule has 6 heteroatoms. The van der Waals surface area contributed by atoms with Crippen molar-refractivity contribution in [1.29, 1.82) is 0 Å². The van der Waals surface area contributed by atoms with Crippen LogP contribution in [-0.4, -0.2) is 29.3 Å². The maximum absolute atomic E-state index is 11.8. The van der Waals surface area contributed by atoms with Gasteiger partial charge in [-0.25, -0.2) is 0 Å². The van der Waals surface area contributed by atoms with Crippen molar-refractivity contribution in [3.63, 3.8) is 0 Å². The van der Waals surface area contributed by atoms with Crippen molar-refractivity contribution in [2.75, 3.05) is 12.3 Å². The van der Waals surface area contributed by atoms with Gasteiger partial charge in [0.2, 0.25) is 0 Å². The lowest BCUT2D eigenvalue weighted by atomic mass is 10.1. The molecule has 1 heterocycles. The molecule has 0 aromatic heterocycles. The second kappa shape index (κ2) is 5.01. The molecule has 0 fully saturated rings. The van der Waals surface area contributed by atoms with Crippen LogP contribution in [0.1, 0.15) is 20.7 Å². The van der Waals surface area contributed by atoms with E-state index in [1.54, 1.807) is 12.1 Å². The standard InChI is InChI=1S/C11H10N2O3S/c14-9(13-11-12-5-6-17-11)7-3-1-2-4-8(7)10(15)16/h1-4H,5-6H2,(H,15,16)(H,12,13,14)/p-1. The molecule has 2 rings (SSSR count). The monoisotopic (exact) mass is 249 g/mol. The zero-order valence-electron chi connectivity index (χ0n) is 8.80. The Kier molecular flexibility index (Phi) is 3.43. The summed E-state index contributed by atoms with van der Waals surface area (Å²) in [6.07, 6.45) is 0. The Labute approximate surface area is 102 Å². The number of aliphatic imine (C=N–C) groups is 1. The zero-order chi connectivity index (χ0) is 12.3. The lowest BCUT2D eigenvalue weighted by molar-refractivity contribution is -0.255. The van der Waals surface area contributed by atoms with Crippen molar-refractivity contribution in [2.24, 2.45) is 4.99 Å². The van der Waals surface area contributed by atoms with E-state index in [0.29, 0.717) is 11.7 Å². The van der Waals surface area contributed by atoms with Crippen LogP contribution in [-0.2, 0) is 0 Å². The molecule has 5 nitrogen and oxygen atoms in total. The second-order valence-corrected chi connectivity index (χ2v) is 4.41. The number of nitrogens with one attached hydrogen (secondary N) is 1. The first-order valence-electron chi connectivity index (χ1n) is 4.97. The average molecular weight is 249 g/mol. The highest BCUT2D eigenvalue weighted by Crippen LogP contribution is 2.12. The number of thioether (sulfide) groups is 1. The van der Waals surface area contributed by atoms with Crippen LogP contribution in [0.2, 0.25) is 0 Å². The maximum atomic E-state index is 11.8. The number of aromatic carboxylic acids is 1. The Bertz CT molecular complexity index is 499. The molecule has 0 bridgehead atoms. The van der Waals surface area contributed by atoms with Crippen LogP contribution in [0.5, 0.6) is 0 Å². The largest absolute Gasteiger partial charge is 0.545 e. The van der Waals surface area contributed by atoms with Gasteiger partial charge in [0.15, 0.2) is 5.17 Å². The molecule has 0 atom stereocenters. The van der Waals surface area contributed by atoms with E-state index < -0.39 is 11.9 Å². The fourth-order valence-electron chi connectivity index (χ4n) is 1.43. The molecule has 0 spiro atoms. The summed E-state index contributed by atoms with van der Waals surface area (Å²) >= 11 is 1.43. The molecule has 17 heavy (non-hydrogen) atoms. The minimum atomic E-state index is -1.36. The zero-order valence-corrected chi connectivity index (χ0v) is 9.62. The summed E-state index contributed by atoms with van der Waals surface area (Å²) < 4.78 is 0. The van der Waals surface area contributed by atoms with Crippen LogP contribution in [0.4, 0.5) is 0 Å². The minimum absolute atomic E-state index is 0.0858. The Morgan fingerprint density at radius 2 is 2.00 bits per heavy atom. The fraction of sp³-hybridized carbons (Fsp3) is 0.182. The second-order valence-electron chi connectivity index (χ2n) is 3.32. The highest BCUT2D eigenvalue weighted by molar-refractivity contribution is 8.14. The van der Waals surface area contributed by atoms with E-state index >= 15 is 0 Å². The molecule has 1 amide bonds. The van der Waals surface area contributed by atoms with Crippen LogP contribution < -0.4 is 10.4 Å². The third-order valence-electron chi connectivity index (χ3n) is 2.20. The van der Waals surface area contributed by atoms with Crippen LogP contribution in [0.3, 0.4) is 0 Å². The summed E-state index contributed by atoms with van der Waals surface area (Å²) in [4.78, 5) is 26.7. The number of amidine groups is 1. The Balaban J connectivity index is 2.21. The van der Waals surface area contributed by atoms with Crippen molar-refractivity contribution in [2.45, 2.75) is 0 Å². The van der Waals surface area contributed by atoms with Gasteiger partial charge in [0, 0.05) is 16.9 Å². The summed E-state index contributed by atoms with van der Waals surface area (Å²) in [6.45, 7) is 0.669. The van der Waals surface area contributed by atoms with Gasteiger partial charge in [0.05, 0.1) is 12.5 Å². The van der Waals surface area contributed by atoms with Crippen molar-refractivity contribution < 1.29 is 14.7 Å². The average Bonchev–Trinajstić information content (AvgIpc) is 2.81. The quantitative estimate of drug-likeness (QED) is 0.792. The molecule has 1 N–H and O–H groups in total. The molecular weight excluding hydrogens is 240 g/mol. The smallest absolute Gasteiger partial charge is 0.257 e. The van der Waals surface area contributed by atoms with Crippen molar-refractivity contribution >= 4 is 28.8 Å². The maximum Gasteiger partial charge on any atom is 0.257 e. The van der Waals surface area contributed by atoms with Crippen molar-refractivity contribution in [1.82, 2.24) is 5.32 Å². The van der Waals surface area contributed by atoms with Gasteiger partial charge in [0.1, 0.15) is 0 Å². The summed E-state index contributed by atoms with van der Waals surface area (Å²) in [5, 5.41) is 13.9. The third-order valence-corrected chi connectivity index (χ3v) is 3.09. The normalized spacial score (nSPS) is 14.2. The third kappa shape index (κ3) is 2.65. The Hall–Kier alpha value is -1.82. The molecule has 1 aromatic rings. The van der Waals surface area contributed by atoms with Gasteiger partial charge in [-0.1, -0.05) is 30.0 Å². The van der Waals surface area contributed by atoms with E-state index in [-0.39, 0.29) is 11.1 Å². The van der Waals surface area contributed by atoms with E-state index in [1.807, 2.05) is 0 Å². The Morgan fingerprint density at radius 1 is 1.29 bits per heavy atom. The summed E-state index contributed by atoms with van der Waals surface area (Å²) in [6, 6.07) is 5.93. The predicted molar refractivity (Wildman–Crippen MR) is 63.0 cm³/mol. The molecule has 0 saturated carbocycles. The van der Waals surface area contributed by atoms with Gasteiger partial charge < -0.3 is 15.2 Å². The molecule has 88 valence electrons. The first-order valence-corrected chi connectivity index (χ1v) is 5.96. The van der Waals surface area contributed by atoms with Crippen LogP contribution in [0.25, 0.3) is 0 Å². The molecule has 1 aliphatic heterocycles. The summed E-state index contributed by atoms with van der Waals surface area (Å²) in [5.74, 6) is -1.01. The highest BCUT2D eigenvalue weighted by Gasteiger charge is 2.15. The number of nitrogens with zero attached hydrogens (tertiary/aromatic N) is 1. The van der Waals surface area contributed by atoms with Crippen molar-refractivity contribution in [3.8, 4) is 0 Å². The van der Waals surface area contributed by atoms with Crippen LogP contribution in [0.15, 0.2) is 29.3 Å². The number of carboxylic acids is 1. The molecule has 1 aromatic carbocycles. The SMILES string of the molecule is O=C([O-])c1ccccc1C(=O)NC1=NCCS1. The fourth-order valence-corrected chi connectivity index (χ4v) is 2.16. The Morgan fingerprint density at radius 3 is 2.59 bits per heavy atom. The number of hydrogen-bond acceptors (Lipinski definition) is 5. The molecule has 0 aliphatic carbocycles. The lowest BCUT2D eigenvalue weighted by Gasteiger charge is -2.09. The first kappa shape index (κ1) is 11.7. The number of amides is 1. The van der Waals surface area contributed by atoms with E-state index in [4.69, 9.17) is 0 Å². The molecule has 0 saturated heterocycles. The van der Waals surface area contributed by atoms with Crippen molar-refractivity contribution in [3.05, 3.63) is 35.4 Å². The van der Waals surface area contributed by atoms with Crippen LogP contribution >= 0.6 is 11.8 Å². The highest BCUT2D eigenvalue weighted by atomic mass is 32.2. The summed E-state index contributed by atoms with van der Waals surface area (Å²) in [7, 11) is 0. The summed E-state index contributed by atoms with van der Waals surface area (Å²) in [5.41, 5.74) is -0.0312. The van der Waals surface area contributed by atoms with Gasteiger partial charge in [-0.15, -0.1) is 0 Å². The van der Waals surface area contributed by atoms with Gasteiger partial charge in [-0.3, -0.25) is 9.79 Å². The van der Waals surface area contributed by atoms with E-state index in [2.05, 4.69) is 10.3 Å². The van der Waals surface area contributed by atoms with E-state index in [9.17, 15) is 14.7 Å². The molecule has 0 radical (unpaired) electrons. The van der Waals surface area contributed by atoms with Gasteiger partial charge in [-0.2, -0.15) is 0 Å². The van der Waals surface area contributed by atoms with Gasteiger partial charge in [0.25, 0.3) is 5.91 Å². The van der Waals surface area contributed by atoms with E-state index in [0.717, 1.165) is 5.75 Å². The first-order chi connectivity index (χ1) is 8.18. The lowest BCUT2D eigenvalue weighted by Crippen LogP contribution is -2.31. The van der Waals surface area contributed by atoms with Crippen LogP contribution in [0, 0.1) is 0 Å². The minimum Gasteiger partial charge on any atom is -0.545 e. The number of hydrogen-bond donors (Lipinski definition) is 1.